The second-order valence-corrected chi connectivity index (χ2v) is 4.56. The van der Waals surface area contributed by atoms with E-state index in [-0.39, 0.29) is 0 Å². The number of H-pyrrole nitrogens is 1. The fraction of sp³-hybridized carbons (Fsp3) is 0.167. The summed E-state index contributed by atoms with van der Waals surface area (Å²) in [5.41, 5.74) is 3.63. The average Bonchev–Trinajstić information content (AvgIpc) is 2.66. The highest BCUT2D eigenvalue weighted by Crippen LogP contribution is 2.25. The molecule has 1 nitrogen and oxygen atoms in total. The van der Waals surface area contributed by atoms with Crippen LogP contribution in [0.25, 0.3) is 11.3 Å². The number of alkyl halides is 1. The molecule has 0 bridgehead atoms. The summed E-state index contributed by atoms with van der Waals surface area (Å²) in [5.74, 6) is 0. The zero-order chi connectivity index (χ0) is 10.7. The van der Waals surface area contributed by atoms with E-state index in [1.165, 1.54) is 11.1 Å². The van der Waals surface area contributed by atoms with E-state index in [2.05, 4.69) is 39.1 Å². The summed E-state index contributed by atoms with van der Waals surface area (Å²) < 4.78 is 0. The van der Waals surface area contributed by atoms with Crippen molar-refractivity contribution >= 4 is 27.5 Å². The zero-order valence-corrected chi connectivity index (χ0v) is 10.5. The molecule has 0 aliphatic heterocycles. The standard InChI is InChI=1S/C12H11BrClN/c13-6-5-9-3-1-2-4-11(9)12-7-10(14)8-15-12/h1-4,7-8,15H,5-6H2. The minimum absolute atomic E-state index is 0.749. The quantitative estimate of drug-likeness (QED) is 0.810. The third-order valence-corrected chi connectivity index (χ3v) is 2.93. The Balaban J connectivity index is 2.42. The molecule has 0 radical (unpaired) electrons. The maximum absolute atomic E-state index is 5.90. The summed E-state index contributed by atoms with van der Waals surface area (Å²) in [6.07, 6.45) is 2.83. The van der Waals surface area contributed by atoms with E-state index in [4.69, 9.17) is 11.6 Å². The normalized spacial score (nSPS) is 10.5. The van der Waals surface area contributed by atoms with Crippen LogP contribution in [0.3, 0.4) is 0 Å². The van der Waals surface area contributed by atoms with Crippen molar-refractivity contribution in [1.29, 1.82) is 0 Å². The van der Waals surface area contributed by atoms with Crippen LogP contribution in [-0.2, 0) is 6.42 Å². The number of hydrogen-bond acceptors (Lipinski definition) is 0. The van der Waals surface area contributed by atoms with Crippen LogP contribution in [-0.4, -0.2) is 10.3 Å². The highest BCUT2D eigenvalue weighted by molar-refractivity contribution is 9.09. The topological polar surface area (TPSA) is 15.8 Å². The van der Waals surface area contributed by atoms with E-state index in [9.17, 15) is 0 Å². The van der Waals surface area contributed by atoms with E-state index < -0.39 is 0 Å². The molecule has 3 heteroatoms. The molecule has 2 rings (SSSR count). The lowest BCUT2D eigenvalue weighted by Gasteiger charge is -2.05. The fourth-order valence-electron chi connectivity index (χ4n) is 1.63. The number of hydrogen-bond donors (Lipinski definition) is 1. The van der Waals surface area contributed by atoms with Gasteiger partial charge in [0.05, 0.1) is 5.02 Å². The number of halogens is 2. The van der Waals surface area contributed by atoms with E-state index in [0.29, 0.717) is 0 Å². The summed E-state index contributed by atoms with van der Waals surface area (Å²) in [5, 5.41) is 1.72. The Kier molecular flexibility index (Phi) is 3.49. The molecule has 1 N–H and O–H groups in total. The Bertz CT molecular complexity index is 450. The van der Waals surface area contributed by atoms with Crippen LogP contribution in [0.2, 0.25) is 5.02 Å². The molecule has 1 aromatic carbocycles. The van der Waals surface area contributed by atoms with Gasteiger partial charge in [-0.05, 0) is 18.1 Å². The first-order valence-corrected chi connectivity index (χ1v) is 6.29. The molecule has 0 aliphatic rings. The predicted molar refractivity (Wildman–Crippen MR) is 68.7 cm³/mol. The second-order valence-electron chi connectivity index (χ2n) is 3.33. The predicted octanol–water partition coefficient (Wildman–Crippen LogP) is 4.27. The van der Waals surface area contributed by atoms with Gasteiger partial charge in [-0.3, -0.25) is 0 Å². The zero-order valence-electron chi connectivity index (χ0n) is 8.13. The minimum atomic E-state index is 0.749. The van der Waals surface area contributed by atoms with Gasteiger partial charge in [0.1, 0.15) is 0 Å². The molecule has 0 amide bonds. The van der Waals surface area contributed by atoms with E-state index >= 15 is 0 Å². The molecule has 0 spiro atoms. The van der Waals surface area contributed by atoms with Crippen molar-refractivity contribution in [3.8, 4) is 11.3 Å². The number of benzene rings is 1. The number of rotatable bonds is 3. The molecule has 0 unspecified atom stereocenters. The Labute approximate surface area is 103 Å². The van der Waals surface area contributed by atoms with Gasteiger partial charge in [-0.15, -0.1) is 0 Å². The first-order chi connectivity index (χ1) is 7.31. The summed E-state index contributed by atoms with van der Waals surface area (Å²) in [4.78, 5) is 3.17. The van der Waals surface area contributed by atoms with Crippen LogP contribution in [0, 0.1) is 0 Å². The molecule has 0 saturated heterocycles. The van der Waals surface area contributed by atoms with Crippen LogP contribution >= 0.6 is 27.5 Å². The lowest BCUT2D eigenvalue weighted by Crippen LogP contribution is -1.90. The lowest BCUT2D eigenvalue weighted by molar-refractivity contribution is 1.17. The van der Waals surface area contributed by atoms with Crippen LogP contribution in [0.15, 0.2) is 36.5 Å². The summed E-state index contributed by atoms with van der Waals surface area (Å²) in [6.45, 7) is 0. The van der Waals surface area contributed by atoms with Gasteiger partial charge >= 0.3 is 0 Å². The highest BCUT2D eigenvalue weighted by atomic mass is 79.9. The number of nitrogens with one attached hydrogen (secondary N) is 1. The van der Waals surface area contributed by atoms with E-state index in [0.717, 1.165) is 22.5 Å². The molecule has 15 heavy (non-hydrogen) atoms. The Morgan fingerprint density at radius 1 is 1.27 bits per heavy atom. The molecule has 1 aromatic heterocycles. The molecule has 0 fully saturated rings. The Morgan fingerprint density at radius 2 is 2.07 bits per heavy atom. The largest absolute Gasteiger partial charge is 0.360 e. The SMILES string of the molecule is Clc1c[nH]c(-c2ccccc2CCBr)c1. The van der Waals surface area contributed by atoms with Crippen molar-refractivity contribution in [2.45, 2.75) is 6.42 Å². The lowest BCUT2D eigenvalue weighted by atomic mass is 10.0. The van der Waals surface area contributed by atoms with Gasteiger partial charge in [0.2, 0.25) is 0 Å². The maximum Gasteiger partial charge on any atom is 0.0586 e. The average molecular weight is 285 g/mol. The van der Waals surface area contributed by atoms with E-state index in [1.807, 2.05) is 18.3 Å². The molecule has 78 valence electrons. The Morgan fingerprint density at radius 3 is 2.73 bits per heavy atom. The molecule has 0 aliphatic carbocycles. The minimum Gasteiger partial charge on any atom is -0.360 e. The number of aromatic amines is 1. The van der Waals surface area contributed by atoms with Crippen LogP contribution in [0.4, 0.5) is 0 Å². The van der Waals surface area contributed by atoms with Crippen molar-refractivity contribution in [3.63, 3.8) is 0 Å². The van der Waals surface area contributed by atoms with Crippen molar-refractivity contribution in [2.24, 2.45) is 0 Å². The van der Waals surface area contributed by atoms with Gasteiger partial charge in [0.15, 0.2) is 0 Å². The van der Waals surface area contributed by atoms with Crippen molar-refractivity contribution < 1.29 is 0 Å². The first-order valence-electron chi connectivity index (χ1n) is 4.79. The monoisotopic (exact) mass is 283 g/mol. The molecule has 0 saturated carbocycles. The smallest absolute Gasteiger partial charge is 0.0586 e. The third kappa shape index (κ3) is 2.44. The molecule has 0 atom stereocenters. The van der Waals surface area contributed by atoms with Crippen LogP contribution < -0.4 is 0 Å². The number of aromatic nitrogens is 1. The maximum atomic E-state index is 5.90. The molecular weight excluding hydrogens is 273 g/mol. The summed E-state index contributed by atoms with van der Waals surface area (Å²) in [7, 11) is 0. The van der Waals surface area contributed by atoms with Gasteiger partial charge in [-0.2, -0.15) is 0 Å². The first kappa shape index (κ1) is 10.8. The van der Waals surface area contributed by atoms with Gasteiger partial charge < -0.3 is 4.98 Å². The molecule has 1 heterocycles. The van der Waals surface area contributed by atoms with Crippen LogP contribution in [0.1, 0.15) is 5.56 Å². The van der Waals surface area contributed by atoms with E-state index in [1.54, 1.807) is 0 Å². The van der Waals surface area contributed by atoms with Gasteiger partial charge in [0.25, 0.3) is 0 Å². The van der Waals surface area contributed by atoms with Crippen molar-refractivity contribution in [1.82, 2.24) is 4.98 Å². The van der Waals surface area contributed by atoms with Crippen molar-refractivity contribution in [3.05, 3.63) is 47.1 Å². The molecular formula is C12H11BrClN. The van der Waals surface area contributed by atoms with Crippen LogP contribution in [0.5, 0.6) is 0 Å². The summed E-state index contributed by atoms with van der Waals surface area (Å²) >= 11 is 9.36. The second kappa shape index (κ2) is 4.86. The Hall–Kier alpha value is -0.730. The van der Waals surface area contributed by atoms with Gasteiger partial charge in [-0.1, -0.05) is 51.8 Å². The van der Waals surface area contributed by atoms with Gasteiger partial charge in [0, 0.05) is 22.8 Å². The number of aryl methyl sites for hydroxylation is 1. The van der Waals surface area contributed by atoms with Gasteiger partial charge in [-0.25, -0.2) is 0 Å². The summed E-state index contributed by atoms with van der Waals surface area (Å²) in [6, 6.07) is 10.3. The van der Waals surface area contributed by atoms with Crippen molar-refractivity contribution in [2.75, 3.05) is 5.33 Å². The molecule has 2 aromatic rings. The third-order valence-electron chi connectivity index (χ3n) is 2.32. The fourth-order valence-corrected chi connectivity index (χ4v) is 2.22. The highest BCUT2D eigenvalue weighted by Gasteiger charge is 2.05.